The normalized spacial score (nSPS) is 14.4. The summed E-state index contributed by atoms with van der Waals surface area (Å²) in [4.78, 5) is 24.0. The van der Waals surface area contributed by atoms with Gasteiger partial charge in [-0.05, 0) is 6.42 Å². The van der Waals surface area contributed by atoms with Crippen LogP contribution in [0.4, 0.5) is 0 Å². The van der Waals surface area contributed by atoms with Gasteiger partial charge in [0.2, 0.25) is 0 Å². The number of carboxylic acid groups (broad SMARTS) is 1. The standard InChI is InChI=1S/C10H11NO4S/c12-9(11-2-1-3-11)5-15-7-4-8(10(13)14)16-6-7/h4,6H,1-3,5H2,(H,13,14). The fourth-order valence-electron chi connectivity index (χ4n) is 1.31. The molecule has 2 rings (SSSR count). The van der Waals surface area contributed by atoms with Gasteiger partial charge in [-0.1, -0.05) is 0 Å². The second-order valence-corrected chi connectivity index (χ2v) is 4.39. The first-order valence-corrected chi connectivity index (χ1v) is 5.77. The van der Waals surface area contributed by atoms with E-state index in [1.807, 2.05) is 0 Å². The SMILES string of the molecule is O=C(O)c1cc(OCC(=O)N2CCC2)cs1. The van der Waals surface area contributed by atoms with Gasteiger partial charge < -0.3 is 14.7 Å². The summed E-state index contributed by atoms with van der Waals surface area (Å²) in [5.41, 5.74) is 0. The Balaban J connectivity index is 1.84. The van der Waals surface area contributed by atoms with Crippen molar-refractivity contribution in [2.75, 3.05) is 19.7 Å². The van der Waals surface area contributed by atoms with Gasteiger partial charge in [0.05, 0.1) is 0 Å². The minimum atomic E-state index is -0.978. The third-order valence-electron chi connectivity index (χ3n) is 2.36. The topological polar surface area (TPSA) is 66.8 Å². The van der Waals surface area contributed by atoms with Crippen LogP contribution in [0.1, 0.15) is 16.1 Å². The van der Waals surface area contributed by atoms with Gasteiger partial charge >= 0.3 is 5.97 Å². The van der Waals surface area contributed by atoms with Gasteiger partial charge in [0, 0.05) is 24.5 Å². The molecule has 1 amide bonds. The van der Waals surface area contributed by atoms with Crippen molar-refractivity contribution in [3.8, 4) is 5.75 Å². The van der Waals surface area contributed by atoms with Gasteiger partial charge in [-0.15, -0.1) is 11.3 Å². The lowest BCUT2D eigenvalue weighted by Crippen LogP contribution is -2.44. The minimum Gasteiger partial charge on any atom is -0.483 e. The molecule has 1 aromatic rings. The van der Waals surface area contributed by atoms with Crippen LogP contribution in [-0.2, 0) is 4.79 Å². The second kappa shape index (κ2) is 4.52. The average molecular weight is 241 g/mol. The summed E-state index contributed by atoms with van der Waals surface area (Å²) in [7, 11) is 0. The Morgan fingerprint density at radius 2 is 2.25 bits per heavy atom. The van der Waals surface area contributed by atoms with Gasteiger partial charge in [0.25, 0.3) is 5.91 Å². The Morgan fingerprint density at radius 3 is 2.75 bits per heavy atom. The lowest BCUT2D eigenvalue weighted by Gasteiger charge is -2.30. The zero-order valence-corrected chi connectivity index (χ0v) is 9.33. The Labute approximate surface area is 96.2 Å². The van der Waals surface area contributed by atoms with Gasteiger partial charge in [-0.3, -0.25) is 4.79 Å². The molecule has 1 aromatic heterocycles. The summed E-state index contributed by atoms with van der Waals surface area (Å²) in [6.07, 6.45) is 1.05. The number of aromatic carboxylic acids is 1. The van der Waals surface area contributed by atoms with Crippen LogP contribution in [0.3, 0.4) is 0 Å². The monoisotopic (exact) mass is 241 g/mol. The number of amides is 1. The Kier molecular flexibility index (Phi) is 3.09. The molecular weight excluding hydrogens is 230 g/mol. The van der Waals surface area contributed by atoms with Gasteiger partial charge in [0.15, 0.2) is 6.61 Å². The van der Waals surface area contributed by atoms with Crippen molar-refractivity contribution in [3.63, 3.8) is 0 Å². The van der Waals surface area contributed by atoms with Crippen LogP contribution in [0.25, 0.3) is 0 Å². The highest BCUT2D eigenvalue weighted by molar-refractivity contribution is 7.12. The highest BCUT2D eigenvalue weighted by atomic mass is 32.1. The van der Waals surface area contributed by atoms with E-state index in [1.165, 1.54) is 6.07 Å². The number of thiophene rings is 1. The molecule has 6 heteroatoms. The molecule has 0 aromatic carbocycles. The molecule has 0 radical (unpaired) electrons. The van der Waals surface area contributed by atoms with E-state index in [2.05, 4.69) is 0 Å². The molecular formula is C10H11NO4S. The van der Waals surface area contributed by atoms with E-state index in [0.29, 0.717) is 5.75 Å². The van der Waals surface area contributed by atoms with E-state index in [0.717, 1.165) is 30.8 Å². The molecule has 0 spiro atoms. The third-order valence-corrected chi connectivity index (χ3v) is 3.25. The zero-order valence-electron chi connectivity index (χ0n) is 8.51. The number of ether oxygens (including phenoxy) is 1. The van der Waals surface area contributed by atoms with E-state index in [1.54, 1.807) is 10.3 Å². The molecule has 5 nitrogen and oxygen atoms in total. The van der Waals surface area contributed by atoms with E-state index < -0.39 is 5.97 Å². The first kappa shape index (κ1) is 10.9. The number of rotatable bonds is 4. The van der Waals surface area contributed by atoms with Gasteiger partial charge in [0.1, 0.15) is 10.6 Å². The van der Waals surface area contributed by atoms with Crippen LogP contribution in [0.15, 0.2) is 11.4 Å². The molecule has 1 aliphatic heterocycles. The predicted octanol–water partition coefficient (Wildman–Crippen LogP) is 1.06. The predicted molar refractivity (Wildman–Crippen MR) is 58.0 cm³/mol. The lowest BCUT2D eigenvalue weighted by molar-refractivity contribution is -0.136. The fraction of sp³-hybridized carbons (Fsp3) is 0.400. The molecule has 1 N–H and O–H groups in total. The number of carbonyl (C=O) groups excluding carboxylic acids is 1. The van der Waals surface area contributed by atoms with E-state index in [9.17, 15) is 9.59 Å². The third kappa shape index (κ3) is 2.33. The van der Waals surface area contributed by atoms with Crippen LogP contribution in [0.2, 0.25) is 0 Å². The maximum atomic E-state index is 11.4. The summed E-state index contributed by atoms with van der Waals surface area (Å²) < 4.78 is 5.21. The molecule has 1 fully saturated rings. The molecule has 0 saturated carbocycles. The summed E-state index contributed by atoms with van der Waals surface area (Å²) in [5.74, 6) is -0.584. The highest BCUT2D eigenvalue weighted by Gasteiger charge is 2.20. The minimum absolute atomic E-state index is 0.0181. The summed E-state index contributed by atoms with van der Waals surface area (Å²) >= 11 is 1.09. The summed E-state index contributed by atoms with van der Waals surface area (Å²) in [6, 6.07) is 1.43. The second-order valence-electron chi connectivity index (χ2n) is 3.47. The number of carbonyl (C=O) groups is 2. The average Bonchev–Trinajstić information content (AvgIpc) is 2.60. The number of carboxylic acids is 1. The maximum absolute atomic E-state index is 11.4. The molecule has 0 unspecified atom stereocenters. The zero-order chi connectivity index (χ0) is 11.5. The Hall–Kier alpha value is -1.56. The highest BCUT2D eigenvalue weighted by Crippen LogP contribution is 2.21. The number of likely N-dealkylation sites (tertiary alicyclic amines) is 1. The number of hydrogen-bond donors (Lipinski definition) is 1. The molecule has 1 aliphatic rings. The molecule has 16 heavy (non-hydrogen) atoms. The molecule has 0 bridgehead atoms. The van der Waals surface area contributed by atoms with Crippen molar-refractivity contribution in [1.29, 1.82) is 0 Å². The van der Waals surface area contributed by atoms with Crippen LogP contribution < -0.4 is 4.74 Å². The van der Waals surface area contributed by atoms with Gasteiger partial charge in [-0.25, -0.2) is 4.79 Å². The van der Waals surface area contributed by atoms with Crippen molar-refractivity contribution < 1.29 is 19.4 Å². The van der Waals surface area contributed by atoms with Crippen LogP contribution in [0.5, 0.6) is 5.75 Å². The van der Waals surface area contributed by atoms with Crippen LogP contribution >= 0.6 is 11.3 Å². The molecule has 1 saturated heterocycles. The molecule has 0 atom stereocenters. The van der Waals surface area contributed by atoms with Crippen molar-refractivity contribution in [3.05, 3.63) is 16.3 Å². The largest absolute Gasteiger partial charge is 0.483 e. The van der Waals surface area contributed by atoms with Crippen molar-refractivity contribution in [2.24, 2.45) is 0 Å². The quantitative estimate of drug-likeness (QED) is 0.855. The van der Waals surface area contributed by atoms with Gasteiger partial charge in [-0.2, -0.15) is 0 Å². The van der Waals surface area contributed by atoms with Crippen LogP contribution in [-0.4, -0.2) is 41.6 Å². The molecule has 2 heterocycles. The van der Waals surface area contributed by atoms with E-state index in [4.69, 9.17) is 9.84 Å². The van der Waals surface area contributed by atoms with Crippen molar-refractivity contribution in [2.45, 2.75) is 6.42 Å². The Morgan fingerprint density at radius 1 is 1.50 bits per heavy atom. The smallest absolute Gasteiger partial charge is 0.346 e. The van der Waals surface area contributed by atoms with Crippen LogP contribution in [0, 0.1) is 0 Å². The summed E-state index contributed by atoms with van der Waals surface area (Å²) in [5, 5.41) is 10.3. The molecule has 0 aliphatic carbocycles. The van der Waals surface area contributed by atoms with Crippen molar-refractivity contribution >= 4 is 23.2 Å². The fourth-order valence-corrected chi connectivity index (χ4v) is 1.97. The number of nitrogens with zero attached hydrogens (tertiary/aromatic N) is 1. The first-order valence-electron chi connectivity index (χ1n) is 4.89. The summed E-state index contributed by atoms with van der Waals surface area (Å²) in [6.45, 7) is 1.58. The lowest BCUT2D eigenvalue weighted by atomic mass is 10.2. The van der Waals surface area contributed by atoms with E-state index >= 15 is 0 Å². The Bertz CT molecular complexity index is 411. The number of hydrogen-bond acceptors (Lipinski definition) is 4. The van der Waals surface area contributed by atoms with E-state index in [-0.39, 0.29) is 17.4 Å². The first-order chi connectivity index (χ1) is 7.66. The van der Waals surface area contributed by atoms with Crippen molar-refractivity contribution in [1.82, 2.24) is 4.90 Å². The molecule has 86 valence electrons. The maximum Gasteiger partial charge on any atom is 0.346 e.